The van der Waals surface area contributed by atoms with E-state index in [4.69, 9.17) is 23.2 Å². The van der Waals surface area contributed by atoms with Gasteiger partial charge in [-0.25, -0.2) is 0 Å². The van der Waals surface area contributed by atoms with Crippen LogP contribution in [-0.2, 0) is 16.1 Å². The van der Waals surface area contributed by atoms with Crippen LogP contribution in [0.1, 0.15) is 56.8 Å². The first kappa shape index (κ1) is 24.7. The van der Waals surface area contributed by atoms with E-state index < -0.39 is 6.17 Å². The summed E-state index contributed by atoms with van der Waals surface area (Å²) in [7, 11) is 0. The fourth-order valence-electron chi connectivity index (χ4n) is 5.20. The predicted molar refractivity (Wildman–Crippen MR) is 129 cm³/mol. The number of benzene rings is 1. The average molecular weight is 497 g/mol. The van der Waals surface area contributed by atoms with E-state index in [1.807, 2.05) is 26.0 Å². The van der Waals surface area contributed by atoms with Crippen LogP contribution >= 0.6 is 23.2 Å². The molecule has 4 N–H and O–H groups in total. The Kier molecular flexibility index (Phi) is 7.86. The van der Waals surface area contributed by atoms with Crippen LogP contribution in [-0.4, -0.2) is 58.5 Å². The number of alkyl halides is 1. The maximum Gasteiger partial charge on any atom is 0.226 e. The molecule has 0 radical (unpaired) electrons. The summed E-state index contributed by atoms with van der Waals surface area (Å²) >= 11 is 13.3. The number of hydrogen-bond acceptors (Lipinski definition) is 5. The lowest BCUT2D eigenvalue weighted by molar-refractivity contribution is -0.132. The molecule has 0 aromatic heterocycles. The van der Waals surface area contributed by atoms with Crippen molar-refractivity contribution in [2.45, 2.75) is 75.8 Å². The second kappa shape index (κ2) is 10.5. The maximum absolute atomic E-state index is 13.1. The van der Waals surface area contributed by atoms with E-state index in [-0.39, 0.29) is 47.2 Å². The zero-order chi connectivity index (χ0) is 23.7. The first-order valence-corrected chi connectivity index (χ1v) is 12.7. The molecule has 5 atom stereocenters. The molecule has 2 amide bonds. The number of carbonyl (C=O) groups excluding carboxylic acids is 2. The van der Waals surface area contributed by atoms with Crippen molar-refractivity contribution in [2.75, 3.05) is 13.1 Å². The highest BCUT2D eigenvalue weighted by Gasteiger charge is 2.46. The van der Waals surface area contributed by atoms with Crippen LogP contribution in [0.4, 0.5) is 0 Å². The molecular formula is C24H34Cl2N4O3. The lowest BCUT2D eigenvalue weighted by Gasteiger charge is -2.48. The minimum Gasteiger partial charge on any atom is -0.393 e. The summed E-state index contributed by atoms with van der Waals surface area (Å²) in [5, 5.41) is 19.9. The molecule has 0 bridgehead atoms. The molecule has 0 spiro atoms. The summed E-state index contributed by atoms with van der Waals surface area (Å²) in [6.07, 6.45) is 2.28. The third-order valence-corrected chi connectivity index (χ3v) is 8.03. The van der Waals surface area contributed by atoms with E-state index >= 15 is 0 Å². The highest BCUT2D eigenvalue weighted by Crippen LogP contribution is 2.37. The summed E-state index contributed by atoms with van der Waals surface area (Å²) in [4.78, 5) is 27.4. The van der Waals surface area contributed by atoms with Gasteiger partial charge >= 0.3 is 0 Å². The molecule has 9 heteroatoms. The maximum atomic E-state index is 13.1. The van der Waals surface area contributed by atoms with Crippen LogP contribution in [0.2, 0.25) is 5.02 Å². The lowest BCUT2D eigenvalue weighted by Crippen LogP contribution is -2.63. The van der Waals surface area contributed by atoms with Gasteiger partial charge in [0, 0.05) is 48.2 Å². The van der Waals surface area contributed by atoms with Crippen molar-refractivity contribution in [3.63, 3.8) is 0 Å². The number of nitrogens with zero attached hydrogens (tertiary/aromatic N) is 1. The Bertz CT molecular complexity index is 875. The Morgan fingerprint density at radius 2 is 2.00 bits per heavy atom. The molecule has 182 valence electrons. The van der Waals surface area contributed by atoms with Crippen molar-refractivity contribution >= 4 is 35.0 Å². The van der Waals surface area contributed by atoms with Crippen molar-refractivity contribution in [2.24, 2.45) is 11.8 Å². The van der Waals surface area contributed by atoms with Crippen molar-refractivity contribution in [3.05, 3.63) is 34.3 Å². The predicted octanol–water partition coefficient (Wildman–Crippen LogP) is 2.54. The second-order valence-corrected chi connectivity index (χ2v) is 10.8. The average Bonchev–Trinajstić information content (AvgIpc) is 2.78. The number of aliphatic hydroxyl groups excluding tert-OH is 1. The molecule has 1 saturated carbocycles. The number of likely N-dealkylation sites (tertiary alicyclic amines) is 1. The first-order valence-electron chi connectivity index (χ1n) is 11.9. The Morgan fingerprint density at radius 3 is 2.70 bits per heavy atom. The molecular weight excluding hydrogens is 463 g/mol. The van der Waals surface area contributed by atoms with E-state index in [1.165, 1.54) is 0 Å². The number of piperidine rings is 1. The van der Waals surface area contributed by atoms with Crippen LogP contribution in [0.25, 0.3) is 0 Å². The molecule has 2 aliphatic heterocycles. The van der Waals surface area contributed by atoms with Gasteiger partial charge < -0.3 is 15.7 Å². The number of nitrogens with one attached hydrogen (secondary N) is 3. The van der Waals surface area contributed by atoms with E-state index in [0.29, 0.717) is 24.4 Å². The smallest absolute Gasteiger partial charge is 0.226 e. The Labute approximate surface area is 205 Å². The van der Waals surface area contributed by atoms with E-state index in [1.54, 1.807) is 6.07 Å². The van der Waals surface area contributed by atoms with Crippen molar-refractivity contribution < 1.29 is 14.7 Å². The summed E-state index contributed by atoms with van der Waals surface area (Å²) < 4.78 is 0. The lowest BCUT2D eigenvalue weighted by atomic mass is 9.78. The van der Waals surface area contributed by atoms with Gasteiger partial charge in [-0.1, -0.05) is 31.5 Å². The molecule has 3 aliphatic rings. The fourth-order valence-corrected chi connectivity index (χ4v) is 5.88. The standard InChI is InChI=1S/C24H34Cl2N4O3/c1-13(2)23(32)27-12-14-3-4-18(25)16(9-14)22-28-20-11-19(26)21(10-17(20)24(33)29-22)30-7-5-15(31)6-8-30/h3-4,9,13,15,17,19-22,28,31H,5-8,10-12H2,1-2H3,(H,27,32)(H,29,33). The molecule has 4 rings (SSSR count). The molecule has 7 nitrogen and oxygen atoms in total. The van der Waals surface area contributed by atoms with Crippen LogP contribution in [0.5, 0.6) is 0 Å². The molecule has 5 unspecified atom stereocenters. The number of hydrogen-bond donors (Lipinski definition) is 4. The largest absolute Gasteiger partial charge is 0.393 e. The normalized spacial score (nSPS) is 31.2. The van der Waals surface area contributed by atoms with Crippen molar-refractivity contribution in [1.29, 1.82) is 0 Å². The SMILES string of the molecule is CC(C)C(=O)NCc1ccc(Cl)c(C2NC(=O)C3CC(N4CCC(O)CC4)C(Cl)CC3N2)c1. The van der Waals surface area contributed by atoms with Crippen LogP contribution in [0, 0.1) is 11.8 Å². The zero-order valence-corrected chi connectivity index (χ0v) is 20.7. The van der Waals surface area contributed by atoms with Gasteiger partial charge in [-0.15, -0.1) is 11.6 Å². The molecule has 2 saturated heterocycles. The number of carbonyl (C=O) groups is 2. The van der Waals surface area contributed by atoms with Crippen LogP contribution < -0.4 is 16.0 Å². The monoisotopic (exact) mass is 496 g/mol. The van der Waals surface area contributed by atoms with Gasteiger partial charge in [-0.05, 0) is 43.4 Å². The zero-order valence-electron chi connectivity index (χ0n) is 19.2. The number of halogens is 2. The fraction of sp³-hybridized carbons (Fsp3) is 0.667. The van der Waals surface area contributed by atoms with Gasteiger partial charge in [0.2, 0.25) is 11.8 Å². The molecule has 1 aromatic rings. The van der Waals surface area contributed by atoms with Gasteiger partial charge in [-0.3, -0.25) is 19.8 Å². The van der Waals surface area contributed by atoms with Gasteiger partial charge in [0.1, 0.15) is 6.17 Å². The van der Waals surface area contributed by atoms with E-state index in [2.05, 4.69) is 20.9 Å². The third kappa shape index (κ3) is 5.65. The first-order chi connectivity index (χ1) is 15.7. The van der Waals surface area contributed by atoms with Crippen LogP contribution in [0.3, 0.4) is 0 Å². The molecule has 3 fully saturated rings. The minimum absolute atomic E-state index is 0.00781. The van der Waals surface area contributed by atoms with Gasteiger partial charge in [0.25, 0.3) is 0 Å². The summed E-state index contributed by atoms with van der Waals surface area (Å²) in [5.74, 6) is -0.225. The molecule has 33 heavy (non-hydrogen) atoms. The Morgan fingerprint density at radius 1 is 1.27 bits per heavy atom. The number of amides is 2. The van der Waals surface area contributed by atoms with E-state index in [0.717, 1.165) is 37.1 Å². The van der Waals surface area contributed by atoms with Crippen molar-refractivity contribution in [1.82, 2.24) is 20.9 Å². The minimum atomic E-state index is -0.405. The molecule has 1 aliphatic carbocycles. The van der Waals surface area contributed by atoms with Crippen LogP contribution in [0.15, 0.2) is 18.2 Å². The van der Waals surface area contributed by atoms with Gasteiger partial charge in [0.05, 0.1) is 17.4 Å². The second-order valence-electron chi connectivity index (χ2n) is 9.87. The summed E-state index contributed by atoms with van der Waals surface area (Å²) in [6, 6.07) is 5.73. The summed E-state index contributed by atoms with van der Waals surface area (Å²) in [6.45, 7) is 5.76. The Hall–Kier alpha value is -1.38. The van der Waals surface area contributed by atoms with Gasteiger partial charge in [0.15, 0.2) is 0 Å². The van der Waals surface area contributed by atoms with Gasteiger partial charge in [-0.2, -0.15) is 0 Å². The molecule has 2 heterocycles. The highest BCUT2D eigenvalue weighted by atomic mass is 35.5. The molecule has 1 aromatic carbocycles. The highest BCUT2D eigenvalue weighted by molar-refractivity contribution is 6.31. The number of aliphatic hydroxyl groups is 1. The number of fused-ring (bicyclic) bond motifs is 1. The quantitative estimate of drug-likeness (QED) is 0.470. The van der Waals surface area contributed by atoms with E-state index in [9.17, 15) is 14.7 Å². The van der Waals surface area contributed by atoms with Crippen molar-refractivity contribution in [3.8, 4) is 0 Å². The summed E-state index contributed by atoms with van der Waals surface area (Å²) in [5.41, 5.74) is 1.71. The third-order valence-electron chi connectivity index (χ3n) is 7.21. The Balaban J connectivity index is 1.43. The topological polar surface area (TPSA) is 93.7 Å². The number of rotatable bonds is 5.